The van der Waals surface area contributed by atoms with Gasteiger partial charge in [0.25, 0.3) is 5.91 Å². The number of carbonyl (C=O) groups is 2. The smallest absolute Gasteiger partial charge is 0.261 e. The second-order valence-corrected chi connectivity index (χ2v) is 5.30. The summed E-state index contributed by atoms with van der Waals surface area (Å²) in [6.45, 7) is 2.06. The van der Waals surface area contributed by atoms with Gasteiger partial charge in [0.05, 0.1) is 11.4 Å². The molecule has 1 aromatic heterocycles. The molecule has 1 unspecified atom stereocenters. The van der Waals surface area contributed by atoms with Gasteiger partial charge < -0.3 is 10.6 Å². The lowest BCUT2D eigenvalue weighted by Gasteiger charge is -2.12. The Morgan fingerprint density at radius 3 is 2.88 bits per heavy atom. The first-order valence-electron chi connectivity index (χ1n) is 5.78. The summed E-state index contributed by atoms with van der Waals surface area (Å²) in [7, 11) is 0. The fraction of sp³-hybridized carbons (Fsp3) is 0.500. The topological polar surface area (TPSA) is 58.2 Å². The van der Waals surface area contributed by atoms with Crippen molar-refractivity contribution in [2.45, 2.75) is 25.8 Å². The van der Waals surface area contributed by atoms with Gasteiger partial charge in [-0.05, 0) is 37.1 Å². The van der Waals surface area contributed by atoms with E-state index in [-0.39, 0.29) is 24.4 Å². The number of hydrogen-bond donors (Lipinski definition) is 2. The zero-order valence-electron chi connectivity index (χ0n) is 9.73. The first-order valence-corrected chi connectivity index (χ1v) is 6.66. The molecule has 0 saturated heterocycles. The molecule has 1 heterocycles. The molecule has 0 aliphatic heterocycles. The highest BCUT2D eigenvalue weighted by Gasteiger charge is 2.28. The van der Waals surface area contributed by atoms with Gasteiger partial charge in [-0.1, -0.05) is 6.07 Å². The Balaban J connectivity index is 1.70. The van der Waals surface area contributed by atoms with Gasteiger partial charge in [-0.2, -0.15) is 0 Å². The molecule has 0 bridgehead atoms. The molecule has 1 aliphatic carbocycles. The summed E-state index contributed by atoms with van der Waals surface area (Å²) in [4.78, 5) is 23.7. The van der Waals surface area contributed by atoms with Crippen LogP contribution in [-0.4, -0.2) is 24.4 Å². The zero-order valence-corrected chi connectivity index (χ0v) is 10.5. The fourth-order valence-corrected chi connectivity index (χ4v) is 2.31. The summed E-state index contributed by atoms with van der Waals surface area (Å²) in [5.41, 5.74) is 0. The molecule has 1 saturated carbocycles. The van der Waals surface area contributed by atoms with E-state index in [9.17, 15) is 9.59 Å². The van der Waals surface area contributed by atoms with Gasteiger partial charge in [-0.25, -0.2) is 0 Å². The maximum Gasteiger partial charge on any atom is 0.261 e. The molecule has 1 aliphatic rings. The molecular weight excluding hydrogens is 236 g/mol. The summed E-state index contributed by atoms with van der Waals surface area (Å²) in [6, 6.07) is 3.78. The number of amides is 2. The molecular formula is C12H16N2O2S. The van der Waals surface area contributed by atoms with Gasteiger partial charge in [0.15, 0.2) is 0 Å². The molecule has 2 N–H and O–H groups in total. The third-order valence-corrected chi connectivity index (χ3v) is 3.74. The van der Waals surface area contributed by atoms with Crippen molar-refractivity contribution in [3.63, 3.8) is 0 Å². The molecule has 5 heteroatoms. The number of carbonyl (C=O) groups excluding carboxylic acids is 2. The standard InChI is InChI=1S/C12H16N2O2S/c1-8(9-4-5-9)14-11(15)7-13-12(16)10-3-2-6-17-10/h2-3,6,8-9H,4-5,7H2,1H3,(H,13,16)(H,14,15). The van der Waals surface area contributed by atoms with Gasteiger partial charge >= 0.3 is 0 Å². The van der Waals surface area contributed by atoms with Gasteiger partial charge in [-0.3, -0.25) is 9.59 Å². The van der Waals surface area contributed by atoms with Crippen LogP contribution in [0.4, 0.5) is 0 Å². The molecule has 17 heavy (non-hydrogen) atoms. The van der Waals surface area contributed by atoms with E-state index in [4.69, 9.17) is 0 Å². The number of rotatable bonds is 5. The highest BCUT2D eigenvalue weighted by Crippen LogP contribution is 2.32. The van der Waals surface area contributed by atoms with Crippen LogP contribution in [0.5, 0.6) is 0 Å². The molecule has 2 rings (SSSR count). The largest absolute Gasteiger partial charge is 0.352 e. The van der Waals surface area contributed by atoms with E-state index in [1.54, 1.807) is 6.07 Å². The predicted octanol–water partition coefficient (Wildman–Crippen LogP) is 1.39. The molecule has 92 valence electrons. The Kier molecular flexibility index (Phi) is 3.78. The number of nitrogens with one attached hydrogen (secondary N) is 2. The van der Waals surface area contributed by atoms with Crippen LogP contribution in [0.2, 0.25) is 0 Å². The van der Waals surface area contributed by atoms with Crippen LogP contribution in [0.15, 0.2) is 17.5 Å². The second kappa shape index (κ2) is 5.31. The van der Waals surface area contributed by atoms with Gasteiger partial charge in [0.1, 0.15) is 0 Å². The van der Waals surface area contributed by atoms with Crippen molar-refractivity contribution in [3.8, 4) is 0 Å². The Hall–Kier alpha value is -1.36. The Morgan fingerprint density at radius 1 is 1.53 bits per heavy atom. The third kappa shape index (κ3) is 3.56. The Morgan fingerprint density at radius 2 is 2.29 bits per heavy atom. The van der Waals surface area contributed by atoms with Crippen molar-refractivity contribution in [2.75, 3.05) is 6.54 Å². The molecule has 1 aromatic rings. The minimum absolute atomic E-state index is 0.0494. The van der Waals surface area contributed by atoms with E-state index in [1.165, 1.54) is 24.2 Å². The first-order chi connectivity index (χ1) is 8.16. The van der Waals surface area contributed by atoms with Crippen molar-refractivity contribution in [1.29, 1.82) is 0 Å². The molecule has 4 nitrogen and oxygen atoms in total. The highest BCUT2D eigenvalue weighted by atomic mass is 32.1. The first kappa shape index (κ1) is 12.1. The van der Waals surface area contributed by atoms with Crippen LogP contribution in [0.1, 0.15) is 29.4 Å². The second-order valence-electron chi connectivity index (χ2n) is 4.35. The van der Waals surface area contributed by atoms with Crippen LogP contribution >= 0.6 is 11.3 Å². The number of hydrogen-bond acceptors (Lipinski definition) is 3. The fourth-order valence-electron chi connectivity index (χ4n) is 1.67. The summed E-state index contributed by atoms with van der Waals surface area (Å²) in [6.07, 6.45) is 2.39. The third-order valence-electron chi connectivity index (χ3n) is 2.87. The van der Waals surface area contributed by atoms with Crippen molar-refractivity contribution in [1.82, 2.24) is 10.6 Å². The van der Waals surface area contributed by atoms with Crippen LogP contribution in [0.25, 0.3) is 0 Å². The van der Waals surface area contributed by atoms with Crippen molar-refractivity contribution < 1.29 is 9.59 Å². The lowest BCUT2D eigenvalue weighted by molar-refractivity contribution is -0.120. The van der Waals surface area contributed by atoms with E-state index in [1.807, 2.05) is 18.4 Å². The minimum Gasteiger partial charge on any atom is -0.352 e. The van der Waals surface area contributed by atoms with Gasteiger partial charge in [-0.15, -0.1) is 11.3 Å². The molecule has 1 fully saturated rings. The zero-order chi connectivity index (χ0) is 12.3. The van der Waals surface area contributed by atoms with Crippen LogP contribution in [0, 0.1) is 5.92 Å². The summed E-state index contributed by atoms with van der Waals surface area (Å²) >= 11 is 1.37. The lowest BCUT2D eigenvalue weighted by atomic mass is 10.2. The van der Waals surface area contributed by atoms with Gasteiger partial charge in [0, 0.05) is 6.04 Å². The molecule has 1 atom stereocenters. The maximum atomic E-state index is 11.6. The lowest BCUT2D eigenvalue weighted by Crippen LogP contribution is -2.41. The van der Waals surface area contributed by atoms with Crippen molar-refractivity contribution in [3.05, 3.63) is 22.4 Å². The van der Waals surface area contributed by atoms with E-state index in [0.29, 0.717) is 10.8 Å². The minimum atomic E-state index is -0.186. The number of thiophene rings is 1. The van der Waals surface area contributed by atoms with Crippen molar-refractivity contribution >= 4 is 23.2 Å². The normalized spacial score (nSPS) is 16.3. The van der Waals surface area contributed by atoms with Crippen LogP contribution < -0.4 is 10.6 Å². The summed E-state index contributed by atoms with van der Waals surface area (Å²) in [5, 5.41) is 7.34. The monoisotopic (exact) mass is 252 g/mol. The van der Waals surface area contributed by atoms with E-state index in [2.05, 4.69) is 10.6 Å². The maximum absolute atomic E-state index is 11.6. The summed E-state index contributed by atoms with van der Waals surface area (Å²) in [5.74, 6) is 0.329. The van der Waals surface area contributed by atoms with Crippen LogP contribution in [0.3, 0.4) is 0 Å². The van der Waals surface area contributed by atoms with E-state index < -0.39 is 0 Å². The van der Waals surface area contributed by atoms with Crippen LogP contribution in [-0.2, 0) is 4.79 Å². The molecule has 0 aromatic carbocycles. The van der Waals surface area contributed by atoms with E-state index >= 15 is 0 Å². The SMILES string of the molecule is CC(NC(=O)CNC(=O)c1cccs1)C1CC1. The molecule has 0 radical (unpaired) electrons. The molecule has 2 amide bonds. The predicted molar refractivity (Wildman–Crippen MR) is 67.0 cm³/mol. The Labute approximate surface area is 104 Å². The van der Waals surface area contributed by atoms with Gasteiger partial charge in [0.2, 0.25) is 5.91 Å². The average molecular weight is 252 g/mol. The van der Waals surface area contributed by atoms with Crippen molar-refractivity contribution in [2.24, 2.45) is 5.92 Å². The molecule has 0 spiro atoms. The average Bonchev–Trinajstić information content (AvgIpc) is 3.02. The Bertz CT molecular complexity index is 399. The summed E-state index contributed by atoms with van der Waals surface area (Å²) < 4.78 is 0. The quantitative estimate of drug-likeness (QED) is 0.832. The van der Waals surface area contributed by atoms with E-state index in [0.717, 1.165) is 0 Å². The highest BCUT2D eigenvalue weighted by molar-refractivity contribution is 7.12.